The van der Waals surface area contributed by atoms with Gasteiger partial charge in [-0.25, -0.2) is 9.59 Å². The molecule has 0 saturated heterocycles. The molecule has 0 unspecified atom stereocenters. The summed E-state index contributed by atoms with van der Waals surface area (Å²) in [7, 11) is 0. The molecule has 2 rings (SSSR count). The number of rotatable bonds is 3. The topological polar surface area (TPSA) is 115 Å². The fourth-order valence-corrected chi connectivity index (χ4v) is 2.19. The third kappa shape index (κ3) is 1.97. The van der Waals surface area contributed by atoms with E-state index in [9.17, 15) is 19.5 Å². The second-order valence-corrected chi connectivity index (χ2v) is 4.24. The van der Waals surface area contributed by atoms with Gasteiger partial charge in [0.2, 0.25) is 0 Å². The summed E-state index contributed by atoms with van der Waals surface area (Å²) >= 11 is 0. The molecule has 0 spiro atoms. The molecule has 0 heterocycles. The van der Waals surface area contributed by atoms with Crippen molar-refractivity contribution in [1.82, 2.24) is 0 Å². The zero-order chi connectivity index (χ0) is 15.0. The first-order chi connectivity index (χ1) is 9.34. The van der Waals surface area contributed by atoms with E-state index < -0.39 is 17.9 Å². The molecule has 102 valence electrons. The fraction of sp³-hybridized carbons (Fsp3) is 0.0714. The molecule has 0 radical (unpaired) electrons. The molecule has 0 aromatic heterocycles. The Bertz CT molecular complexity index is 740. The lowest BCUT2D eigenvalue weighted by molar-refractivity contribution is -0.254. The van der Waals surface area contributed by atoms with E-state index >= 15 is 0 Å². The minimum atomic E-state index is -1.49. The van der Waals surface area contributed by atoms with Crippen molar-refractivity contribution < 1.29 is 29.7 Å². The summed E-state index contributed by atoms with van der Waals surface area (Å²) in [5.74, 6) is -4.14. The highest BCUT2D eigenvalue weighted by molar-refractivity contribution is 6.17. The van der Waals surface area contributed by atoms with Gasteiger partial charge in [0.05, 0.1) is 17.1 Å². The lowest BCUT2D eigenvalue weighted by Crippen LogP contribution is -2.23. The minimum Gasteiger partial charge on any atom is -0.545 e. The van der Waals surface area contributed by atoms with Gasteiger partial charge in [-0.1, -0.05) is 12.1 Å². The summed E-state index contributed by atoms with van der Waals surface area (Å²) in [5, 5.41) is 29.4. The number of carboxylic acids is 3. The van der Waals surface area contributed by atoms with Crippen molar-refractivity contribution in [3.05, 3.63) is 46.5 Å². The lowest BCUT2D eigenvalue weighted by atomic mass is 9.92. The molecule has 0 bridgehead atoms. The Kier molecular flexibility index (Phi) is 3.15. The van der Waals surface area contributed by atoms with Gasteiger partial charge in [-0.2, -0.15) is 0 Å². The second kappa shape index (κ2) is 4.65. The van der Waals surface area contributed by atoms with E-state index in [0.29, 0.717) is 5.56 Å². The molecule has 6 heteroatoms. The fourth-order valence-electron chi connectivity index (χ4n) is 2.19. The average molecular weight is 273 g/mol. The molecule has 0 atom stereocenters. The van der Waals surface area contributed by atoms with E-state index in [1.807, 2.05) is 0 Å². The summed E-state index contributed by atoms with van der Waals surface area (Å²) in [6.45, 7) is 1.58. The van der Waals surface area contributed by atoms with Crippen LogP contribution in [0.2, 0.25) is 0 Å². The molecule has 20 heavy (non-hydrogen) atoms. The highest BCUT2D eigenvalue weighted by Crippen LogP contribution is 2.29. The predicted molar refractivity (Wildman–Crippen MR) is 66.9 cm³/mol. The van der Waals surface area contributed by atoms with Gasteiger partial charge in [0.1, 0.15) is 0 Å². The van der Waals surface area contributed by atoms with Crippen molar-refractivity contribution in [2.45, 2.75) is 6.92 Å². The van der Waals surface area contributed by atoms with E-state index in [2.05, 4.69) is 0 Å². The molecule has 0 aliphatic heterocycles. The van der Waals surface area contributed by atoms with Gasteiger partial charge in [-0.05, 0) is 30.0 Å². The normalized spacial score (nSPS) is 10.4. The number of aryl methyl sites for hydroxylation is 1. The van der Waals surface area contributed by atoms with Crippen LogP contribution in [0.5, 0.6) is 0 Å². The van der Waals surface area contributed by atoms with Crippen LogP contribution < -0.4 is 5.11 Å². The Labute approximate surface area is 112 Å². The Morgan fingerprint density at radius 2 is 1.30 bits per heavy atom. The number of carbonyl (C=O) groups excluding carboxylic acids is 1. The van der Waals surface area contributed by atoms with Crippen LogP contribution in [0.25, 0.3) is 10.8 Å². The van der Waals surface area contributed by atoms with Crippen molar-refractivity contribution in [2.24, 2.45) is 0 Å². The third-order valence-electron chi connectivity index (χ3n) is 3.05. The van der Waals surface area contributed by atoms with Crippen molar-refractivity contribution in [2.75, 3.05) is 0 Å². The molecule has 0 amide bonds. The summed E-state index contributed by atoms with van der Waals surface area (Å²) in [6, 6.07) is 4.87. The largest absolute Gasteiger partial charge is 0.545 e. The Hall–Kier alpha value is -2.89. The van der Waals surface area contributed by atoms with Crippen molar-refractivity contribution in [3.8, 4) is 0 Å². The first-order valence-corrected chi connectivity index (χ1v) is 5.59. The maximum Gasteiger partial charge on any atom is 0.336 e. The van der Waals surface area contributed by atoms with Crippen molar-refractivity contribution in [3.63, 3.8) is 0 Å². The van der Waals surface area contributed by atoms with Crippen LogP contribution in [-0.2, 0) is 0 Å². The van der Waals surface area contributed by atoms with Crippen molar-refractivity contribution in [1.29, 1.82) is 0 Å². The van der Waals surface area contributed by atoms with Gasteiger partial charge in [0.25, 0.3) is 0 Å². The highest BCUT2D eigenvalue weighted by atomic mass is 16.4. The van der Waals surface area contributed by atoms with E-state index in [1.165, 1.54) is 12.1 Å². The molecule has 0 aliphatic rings. The summed E-state index contributed by atoms with van der Waals surface area (Å²) in [6.07, 6.45) is 0. The average Bonchev–Trinajstić information content (AvgIpc) is 2.37. The van der Waals surface area contributed by atoms with Gasteiger partial charge in [-0.15, -0.1) is 0 Å². The smallest absolute Gasteiger partial charge is 0.336 e. The van der Waals surface area contributed by atoms with Gasteiger partial charge in [-0.3, -0.25) is 0 Å². The Morgan fingerprint density at radius 3 is 1.75 bits per heavy atom. The number of hydrogen-bond donors (Lipinski definition) is 2. The molecular weight excluding hydrogens is 264 g/mol. The number of hydrogen-bond acceptors (Lipinski definition) is 4. The molecule has 2 N–H and O–H groups in total. The van der Waals surface area contributed by atoms with Crippen LogP contribution in [-0.4, -0.2) is 28.1 Å². The Morgan fingerprint density at radius 1 is 0.850 bits per heavy atom. The minimum absolute atomic E-state index is 0.0739. The monoisotopic (exact) mass is 273 g/mol. The third-order valence-corrected chi connectivity index (χ3v) is 3.05. The Balaban J connectivity index is 3.10. The van der Waals surface area contributed by atoms with Crippen LogP contribution in [0.4, 0.5) is 0 Å². The lowest BCUT2D eigenvalue weighted by Gasteiger charge is -2.14. The van der Waals surface area contributed by atoms with Crippen LogP contribution >= 0.6 is 0 Å². The number of fused-ring (bicyclic) bond motifs is 1. The summed E-state index contributed by atoms with van der Waals surface area (Å²) < 4.78 is 0. The molecule has 2 aromatic rings. The second-order valence-electron chi connectivity index (χ2n) is 4.24. The highest BCUT2D eigenvalue weighted by Gasteiger charge is 2.19. The molecule has 0 aliphatic carbocycles. The zero-order valence-electron chi connectivity index (χ0n) is 10.3. The van der Waals surface area contributed by atoms with E-state index in [0.717, 1.165) is 12.1 Å². The van der Waals surface area contributed by atoms with Crippen LogP contribution in [0.15, 0.2) is 24.3 Å². The molecule has 2 aromatic carbocycles. The molecule has 0 fully saturated rings. The number of carboxylic acid groups (broad SMARTS) is 3. The zero-order valence-corrected chi connectivity index (χ0v) is 10.3. The number of aromatic carboxylic acids is 3. The standard InChI is InChI=1S/C14H10O6/c1-6-2-3-8(13(17)18)11-9(14(19)20)5-4-7(10(6)11)12(15)16/h2-5H,1H3,(H,15,16)(H,17,18)(H,19,20)/p-1. The molecular formula is C14H9O6-. The summed E-state index contributed by atoms with van der Waals surface area (Å²) in [5.41, 5.74) is -0.282. The van der Waals surface area contributed by atoms with Gasteiger partial charge >= 0.3 is 11.9 Å². The van der Waals surface area contributed by atoms with Crippen LogP contribution in [0.3, 0.4) is 0 Å². The number of carbonyl (C=O) groups is 3. The molecule has 6 nitrogen and oxygen atoms in total. The SMILES string of the molecule is Cc1ccc(C(=O)O)c2c(C(=O)O)ccc(C(=O)[O-])c12. The van der Waals surface area contributed by atoms with Crippen LogP contribution in [0.1, 0.15) is 36.6 Å². The predicted octanol–water partition coefficient (Wildman–Crippen LogP) is 0.908. The molecule has 0 saturated carbocycles. The maximum atomic E-state index is 11.2. The van der Waals surface area contributed by atoms with Gasteiger partial charge < -0.3 is 20.1 Å². The first-order valence-electron chi connectivity index (χ1n) is 5.59. The van der Waals surface area contributed by atoms with E-state index in [-0.39, 0.29) is 27.5 Å². The van der Waals surface area contributed by atoms with Crippen molar-refractivity contribution >= 4 is 28.7 Å². The maximum absolute atomic E-state index is 11.2. The van der Waals surface area contributed by atoms with Gasteiger partial charge in [0, 0.05) is 10.9 Å². The van der Waals surface area contributed by atoms with E-state index in [4.69, 9.17) is 10.2 Å². The number of benzene rings is 2. The first kappa shape index (κ1) is 13.5. The van der Waals surface area contributed by atoms with Gasteiger partial charge in [0.15, 0.2) is 0 Å². The quantitative estimate of drug-likeness (QED) is 0.858. The summed E-state index contributed by atoms with van der Waals surface area (Å²) in [4.78, 5) is 33.6. The van der Waals surface area contributed by atoms with E-state index in [1.54, 1.807) is 6.92 Å². The van der Waals surface area contributed by atoms with Crippen LogP contribution in [0, 0.1) is 6.92 Å².